The number of nitrogens with zero attached hydrogens (tertiary/aromatic N) is 4. The van der Waals surface area contributed by atoms with Gasteiger partial charge in [-0.15, -0.1) is 0 Å². The van der Waals surface area contributed by atoms with Crippen molar-refractivity contribution in [2.75, 3.05) is 0 Å². The SMILES string of the molecule is N=C1C(=Cc2cn(Cc3ccccc3)c3ccccc23)C(=O)N=C2SC(c3ccccc3)=NN12. The number of aromatic nitrogens is 1. The Morgan fingerprint density at radius 2 is 1.62 bits per heavy atom. The first-order valence-corrected chi connectivity index (χ1v) is 11.7. The fraction of sp³-hybridized carbons (Fsp3) is 0.0370. The maximum Gasteiger partial charge on any atom is 0.283 e. The van der Waals surface area contributed by atoms with Gasteiger partial charge in [-0.05, 0) is 29.5 Å². The number of amides is 1. The number of fused-ring (bicyclic) bond motifs is 2. The summed E-state index contributed by atoms with van der Waals surface area (Å²) in [4.78, 5) is 17.2. The number of amidine groups is 2. The number of carbonyl (C=O) groups is 1. The van der Waals surface area contributed by atoms with E-state index in [1.807, 2.05) is 72.9 Å². The monoisotopic (exact) mass is 461 g/mol. The largest absolute Gasteiger partial charge is 0.342 e. The zero-order valence-corrected chi connectivity index (χ0v) is 18.9. The second-order valence-electron chi connectivity index (χ2n) is 8.01. The molecule has 0 unspecified atom stereocenters. The summed E-state index contributed by atoms with van der Waals surface area (Å²) in [6.45, 7) is 0.714. The molecule has 6 rings (SSSR count). The normalized spacial score (nSPS) is 16.7. The van der Waals surface area contributed by atoms with E-state index in [4.69, 9.17) is 5.41 Å². The first-order chi connectivity index (χ1) is 16.7. The Kier molecular flexibility index (Phi) is 4.96. The number of nitrogens with one attached hydrogen (secondary N) is 1. The number of hydrogen-bond donors (Lipinski definition) is 1. The molecule has 0 saturated heterocycles. The van der Waals surface area contributed by atoms with Gasteiger partial charge < -0.3 is 4.57 Å². The number of aliphatic imine (C=N–C) groups is 1. The number of hydrogen-bond acceptors (Lipinski definition) is 4. The van der Waals surface area contributed by atoms with Crippen molar-refractivity contribution >= 4 is 50.7 Å². The van der Waals surface area contributed by atoms with Crippen molar-refractivity contribution in [2.45, 2.75) is 6.54 Å². The number of carbonyl (C=O) groups excluding carboxylic acids is 1. The van der Waals surface area contributed by atoms with E-state index >= 15 is 0 Å². The lowest BCUT2D eigenvalue weighted by molar-refractivity contribution is -0.114. The van der Waals surface area contributed by atoms with Gasteiger partial charge in [0.15, 0.2) is 5.84 Å². The third kappa shape index (κ3) is 3.56. The smallest absolute Gasteiger partial charge is 0.283 e. The van der Waals surface area contributed by atoms with Gasteiger partial charge in [0, 0.05) is 34.8 Å². The number of para-hydroxylation sites is 1. The maximum atomic E-state index is 12.9. The molecular weight excluding hydrogens is 442 g/mol. The number of thioether (sulfide) groups is 1. The molecule has 164 valence electrons. The Morgan fingerprint density at radius 1 is 0.912 bits per heavy atom. The number of hydrazone groups is 1. The summed E-state index contributed by atoms with van der Waals surface area (Å²) in [6.07, 6.45) is 3.79. The molecule has 2 aliphatic rings. The average molecular weight is 462 g/mol. The minimum Gasteiger partial charge on any atom is -0.342 e. The minimum atomic E-state index is -0.423. The van der Waals surface area contributed by atoms with Crippen LogP contribution >= 0.6 is 11.8 Å². The minimum absolute atomic E-state index is 0.0355. The number of benzene rings is 3. The van der Waals surface area contributed by atoms with E-state index < -0.39 is 5.91 Å². The zero-order valence-electron chi connectivity index (χ0n) is 18.1. The topological polar surface area (TPSA) is 73.8 Å². The zero-order chi connectivity index (χ0) is 23.1. The van der Waals surface area contributed by atoms with Crippen LogP contribution in [0.2, 0.25) is 0 Å². The molecule has 0 bridgehead atoms. The van der Waals surface area contributed by atoms with Gasteiger partial charge in [0.1, 0.15) is 5.04 Å². The van der Waals surface area contributed by atoms with Crippen molar-refractivity contribution in [1.82, 2.24) is 9.58 Å². The van der Waals surface area contributed by atoms with Crippen LogP contribution in [-0.2, 0) is 11.3 Å². The summed E-state index contributed by atoms with van der Waals surface area (Å²) < 4.78 is 2.17. The van der Waals surface area contributed by atoms with Crippen molar-refractivity contribution in [3.8, 4) is 0 Å². The molecule has 3 heterocycles. The van der Waals surface area contributed by atoms with Gasteiger partial charge in [-0.1, -0.05) is 78.9 Å². The quantitative estimate of drug-likeness (QED) is 0.416. The molecule has 1 N–H and O–H groups in total. The molecule has 4 aromatic rings. The van der Waals surface area contributed by atoms with E-state index in [-0.39, 0.29) is 11.4 Å². The van der Waals surface area contributed by atoms with Gasteiger partial charge in [-0.2, -0.15) is 15.1 Å². The predicted octanol–water partition coefficient (Wildman–Crippen LogP) is 5.36. The van der Waals surface area contributed by atoms with E-state index in [1.165, 1.54) is 22.3 Å². The Morgan fingerprint density at radius 3 is 2.41 bits per heavy atom. The average Bonchev–Trinajstić information content (AvgIpc) is 3.45. The van der Waals surface area contributed by atoms with E-state index in [0.717, 1.165) is 27.1 Å². The molecular formula is C27H19N5OS. The van der Waals surface area contributed by atoms with Gasteiger partial charge in [0.05, 0.1) is 5.57 Å². The lowest BCUT2D eigenvalue weighted by Gasteiger charge is -2.20. The molecule has 2 aliphatic heterocycles. The molecule has 6 nitrogen and oxygen atoms in total. The molecule has 0 aliphatic carbocycles. The molecule has 0 atom stereocenters. The van der Waals surface area contributed by atoms with Crippen LogP contribution in [0, 0.1) is 5.41 Å². The number of rotatable bonds is 4. The van der Waals surface area contributed by atoms with Crippen LogP contribution in [-0.4, -0.2) is 31.5 Å². The van der Waals surface area contributed by atoms with Crippen LogP contribution in [0.5, 0.6) is 0 Å². The van der Waals surface area contributed by atoms with E-state index in [9.17, 15) is 4.79 Å². The maximum absolute atomic E-state index is 12.9. The fourth-order valence-corrected chi connectivity index (χ4v) is 5.04. The van der Waals surface area contributed by atoms with Crippen molar-refractivity contribution in [1.29, 1.82) is 5.41 Å². The summed E-state index contributed by atoms with van der Waals surface area (Å²) in [5.41, 5.74) is 4.29. The third-order valence-corrected chi connectivity index (χ3v) is 6.75. The Balaban J connectivity index is 1.38. The molecule has 0 radical (unpaired) electrons. The highest BCUT2D eigenvalue weighted by Gasteiger charge is 2.36. The summed E-state index contributed by atoms with van der Waals surface area (Å²) in [7, 11) is 0. The molecule has 0 saturated carbocycles. The summed E-state index contributed by atoms with van der Waals surface area (Å²) in [5.74, 6) is -0.388. The van der Waals surface area contributed by atoms with Crippen LogP contribution in [0.3, 0.4) is 0 Å². The Labute approximate surface area is 200 Å². The lowest BCUT2D eigenvalue weighted by atomic mass is 10.1. The van der Waals surface area contributed by atoms with Crippen LogP contribution in [0.15, 0.2) is 107 Å². The van der Waals surface area contributed by atoms with Crippen LogP contribution in [0.25, 0.3) is 17.0 Å². The molecule has 0 fully saturated rings. The first-order valence-electron chi connectivity index (χ1n) is 10.8. The van der Waals surface area contributed by atoms with Crippen LogP contribution in [0.4, 0.5) is 0 Å². The van der Waals surface area contributed by atoms with Crippen molar-refractivity contribution < 1.29 is 4.79 Å². The van der Waals surface area contributed by atoms with Crippen molar-refractivity contribution in [3.63, 3.8) is 0 Å². The second kappa shape index (κ2) is 8.28. The van der Waals surface area contributed by atoms with Crippen LogP contribution in [0.1, 0.15) is 16.7 Å². The highest BCUT2D eigenvalue weighted by molar-refractivity contribution is 8.27. The summed E-state index contributed by atoms with van der Waals surface area (Å²) in [5, 5.41) is 16.9. The van der Waals surface area contributed by atoms with Gasteiger partial charge in [0.25, 0.3) is 5.91 Å². The van der Waals surface area contributed by atoms with E-state index in [0.29, 0.717) is 11.7 Å². The molecule has 34 heavy (non-hydrogen) atoms. The summed E-state index contributed by atoms with van der Waals surface area (Å²) >= 11 is 1.30. The standard InChI is InChI=1S/C27H19N5OS/c28-24-22(25(33)29-27-32(24)30-26(34-27)19-11-5-2-6-12-19)15-20-17-31(16-18-9-3-1-4-10-18)23-14-8-7-13-21(20)23/h1-15,17,28H,16H2. The van der Waals surface area contributed by atoms with E-state index in [2.05, 4.69) is 32.9 Å². The highest BCUT2D eigenvalue weighted by Crippen LogP contribution is 2.32. The van der Waals surface area contributed by atoms with Gasteiger partial charge >= 0.3 is 0 Å². The molecule has 3 aromatic carbocycles. The van der Waals surface area contributed by atoms with E-state index in [1.54, 1.807) is 6.08 Å². The van der Waals surface area contributed by atoms with Crippen molar-refractivity contribution in [2.24, 2.45) is 10.1 Å². The highest BCUT2D eigenvalue weighted by atomic mass is 32.2. The lowest BCUT2D eigenvalue weighted by Crippen LogP contribution is -2.35. The molecule has 1 amide bonds. The van der Waals surface area contributed by atoms with Gasteiger partial charge in [0.2, 0.25) is 5.17 Å². The first kappa shape index (κ1) is 20.4. The van der Waals surface area contributed by atoms with Gasteiger partial charge in [-0.3, -0.25) is 10.2 Å². The van der Waals surface area contributed by atoms with Gasteiger partial charge in [-0.25, -0.2) is 0 Å². The molecule has 7 heteroatoms. The molecule has 0 spiro atoms. The summed E-state index contributed by atoms with van der Waals surface area (Å²) in [6, 6.07) is 28.1. The molecule has 1 aromatic heterocycles. The second-order valence-corrected chi connectivity index (χ2v) is 8.96. The Hall–Kier alpha value is -4.23. The third-order valence-electron chi connectivity index (χ3n) is 5.79. The predicted molar refractivity (Wildman–Crippen MR) is 138 cm³/mol. The fourth-order valence-electron chi connectivity index (χ4n) is 4.15. The Bertz CT molecular complexity index is 1530. The van der Waals surface area contributed by atoms with Crippen LogP contribution < -0.4 is 0 Å². The van der Waals surface area contributed by atoms with Crippen molar-refractivity contribution in [3.05, 3.63) is 113 Å².